The van der Waals surface area contributed by atoms with Crippen LogP contribution in [0.4, 0.5) is 0 Å². The van der Waals surface area contributed by atoms with Crippen LogP contribution in [0, 0.1) is 0 Å². The van der Waals surface area contributed by atoms with Crippen LogP contribution < -0.4 is 5.32 Å². The molecule has 0 radical (unpaired) electrons. The molecule has 0 aliphatic rings. The summed E-state index contributed by atoms with van der Waals surface area (Å²) in [5.41, 5.74) is 2.44. The number of hydrogen-bond donors (Lipinski definition) is 1. The first kappa shape index (κ1) is 22.9. The Morgan fingerprint density at radius 1 is 1.38 bits per heavy atom. The number of halogens is 1. The molecule has 2 rings (SSSR count). The molecule has 0 saturated carbocycles. The van der Waals surface area contributed by atoms with Gasteiger partial charge < -0.3 is 10.2 Å². The van der Waals surface area contributed by atoms with Crippen molar-refractivity contribution in [1.29, 1.82) is 0 Å². The van der Waals surface area contributed by atoms with Crippen molar-refractivity contribution in [2.75, 3.05) is 20.1 Å². The fourth-order valence-electron chi connectivity index (χ4n) is 2.40. The van der Waals surface area contributed by atoms with E-state index >= 15 is 0 Å². The maximum absolute atomic E-state index is 4.75. The van der Waals surface area contributed by atoms with Crippen LogP contribution in [-0.4, -0.2) is 45.8 Å². The Kier molecular flexibility index (Phi) is 9.02. The van der Waals surface area contributed by atoms with Gasteiger partial charge in [-0.1, -0.05) is 20.8 Å². The second-order valence-corrected chi connectivity index (χ2v) is 8.18. The van der Waals surface area contributed by atoms with Gasteiger partial charge in [-0.15, -0.1) is 35.3 Å². The summed E-state index contributed by atoms with van der Waals surface area (Å²) in [6.45, 7) is 11.0. The van der Waals surface area contributed by atoms with Gasteiger partial charge in [0.25, 0.3) is 0 Å². The predicted molar refractivity (Wildman–Crippen MR) is 121 cm³/mol. The number of nitrogens with one attached hydrogen (secondary N) is 1. The Hall–Kier alpha value is -1.16. The SMILES string of the molecule is CCNC(=NCCc1nc(C(C)(C)C)cs1)N(C)Cc1cnn(C)c1.I. The van der Waals surface area contributed by atoms with E-state index in [9.17, 15) is 0 Å². The van der Waals surface area contributed by atoms with Gasteiger partial charge in [-0.3, -0.25) is 9.67 Å². The Morgan fingerprint density at radius 2 is 2.12 bits per heavy atom. The molecule has 1 N–H and O–H groups in total. The van der Waals surface area contributed by atoms with Crippen molar-refractivity contribution in [3.8, 4) is 0 Å². The monoisotopic (exact) mass is 490 g/mol. The topological polar surface area (TPSA) is 58.3 Å². The maximum Gasteiger partial charge on any atom is 0.193 e. The zero-order chi connectivity index (χ0) is 18.4. The van der Waals surface area contributed by atoms with Crippen LogP contribution >= 0.6 is 35.3 Å². The summed E-state index contributed by atoms with van der Waals surface area (Å²) in [6, 6.07) is 0. The number of aryl methyl sites for hydroxylation is 1. The standard InChI is InChI=1S/C18H30N6S.HI/c1-7-19-17(23(5)11-14-10-21-24(6)12-14)20-9-8-16-22-15(13-25-16)18(2,3)4;/h10,12-13H,7-9,11H2,1-6H3,(H,19,20);1H. The molecule has 0 aliphatic carbocycles. The van der Waals surface area contributed by atoms with Gasteiger partial charge in [-0.25, -0.2) is 4.98 Å². The van der Waals surface area contributed by atoms with Gasteiger partial charge in [-0.05, 0) is 6.92 Å². The zero-order valence-corrected chi connectivity index (χ0v) is 19.8. The number of nitrogens with zero attached hydrogens (tertiary/aromatic N) is 5. The Balaban J connectivity index is 0.00000338. The molecule has 2 heterocycles. The lowest BCUT2D eigenvalue weighted by molar-refractivity contribution is 0.476. The highest BCUT2D eigenvalue weighted by Crippen LogP contribution is 2.24. The van der Waals surface area contributed by atoms with Crippen molar-refractivity contribution in [2.45, 2.75) is 46.1 Å². The van der Waals surface area contributed by atoms with Crippen molar-refractivity contribution < 1.29 is 0 Å². The molecule has 0 fully saturated rings. The predicted octanol–water partition coefficient (Wildman–Crippen LogP) is 3.43. The number of aromatic nitrogens is 3. The van der Waals surface area contributed by atoms with Crippen LogP contribution in [0.1, 0.15) is 44.0 Å². The molecule has 8 heteroatoms. The first-order valence-corrected chi connectivity index (χ1v) is 9.59. The summed E-state index contributed by atoms with van der Waals surface area (Å²) < 4.78 is 1.82. The lowest BCUT2D eigenvalue weighted by Gasteiger charge is -2.21. The third-order valence-electron chi connectivity index (χ3n) is 3.78. The van der Waals surface area contributed by atoms with Crippen LogP contribution in [0.2, 0.25) is 0 Å². The van der Waals surface area contributed by atoms with Gasteiger partial charge in [0.05, 0.1) is 16.9 Å². The molecule has 0 bridgehead atoms. The van der Waals surface area contributed by atoms with Crippen LogP contribution in [0.15, 0.2) is 22.8 Å². The molecule has 146 valence electrons. The Labute approximate surface area is 178 Å². The van der Waals surface area contributed by atoms with Gasteiger partial charge in [0.2, 0.25) is 0 Å². The van der Waals surface area contributed by atoms with Crippen LogP contribution in [0.3, 0.4) is 0 Å². The molecule has 0 atom stereocenters. The number of rotatable bonds is 6. The highest BCUT2D eigenvalue weighted by molar-refractivity contribution is 14.0. The number of thiazole rings is 1. The Bertz CT molecular complexity index is 701. The molecular formula is C18H31IN6S. The van der Waals surface area contributed by atoms with Gasteiger partial charge >= 0.3 is 0 Å². The second-order valence-electron chi connectivity index (χ2n) is 7.24. The zero-order valence-electron chi connectivity index (χ0n) is 16.6. The Morgan fingerprint density at radius 3 is 2.65 bits per heavy atom. The normalized spacial score (nSPS) is 12.0. The lowest BCUT2D eigenvalue weighted by atomic mass is 9.93. The molecule has 2 aromatic rings. The molecule has 0 unspecified atom stereocenters. The summed E-state index contributed by atoms with van der Waals surface area (Å²) in [5.74, 6) is 0.916. The maximum atomic E-state index is 4.75. The minimum absolute atomic E-state index is 0. The van der Waals surface area contributed by atoms with E-state index in [2.05, 4.69) is 55.4 Å². The fraction of sp³-hybridized carbons (Fsp3) is 0.611. The second kappa shape index (κ2) is 10.2. The fourth-order valence-corrected chi connectivity index (χ4v) is 3.41. The van der Waals surface area contributed by atoms with E-state index in [-0.39, 0.29) is 29.4 Å². The third kappa shape index (κ3) is 6.86. The average molecular weight is 490 g/mol. The average Bonchev–Trinajstić information content (AvgIpc) is 3.15. The molecular weight excluding hydrogens is 459 g/mol. The van der Waals surface area contributed by atoms with E-state index in [4.69, 9.17) is 9.98 Å². The van der Waals surface area contributed by atoms with E-state index in [1.54, 1.807) is 11.3 Å². The van der Waals surface area contributed by atoms with E-state index in [0.717, 1.165) is 42.7 Å². The summed E-state index contributed by atoms with van der Waals surface area (Å²) in [5, 5.41) is 10.9. The molecule has 0 spiro atoms. The summed E-state index contributed by atoms with van der Waals surface area (Å²) in [4.78, 5) is 11.6. The highest BCUT2D eigenvalue weighted by atomic mass is 127. The van der Waals surface area contributed by atoms with Crippen LogP contribution in [-0.2, 0) is 25.4 Å². The number of hydrogen-bond acceptors (Lipinski definition) is 4. The first-order chi connectivity index (χ1) is 11.8. The molecule has 0 aliphatic heterocycles. The van der Waals surface area contributed by atoms with Crippen molar-refractivity contribution in [1.82, 2.24) is 25.0 Å². The molecule has 2 aromatic heterocycles. The van der Waals surface area contributed by atoms with Crippen LogP contribution in [0.25, 0.3) is 0 Å². The molecule has 0 amide bonds. The lowest BCUT2D eigenvalue weighted by Crippen LogP contribution is -2.38. The van der Waals surface area contributed by atoms with Gasteiger partial charge in [0.15, 0.2) is 5.96 Å². The van der Waals surface area contributed by atoms with E-state index in [1.807, 2.05) is 24.1 Å². The minimum atomic E-state index is 0. The molecule has 0 aromatic carbocycles. The number of aliphatic imine (C=N–C) groups is 1. The van der Waals surface area contributed by atoms with Gasteiger partial charge in [0, 0.05) is 62.7 Å². The van der Waals surface area contributed by atoms with Crippen LogP contribution in [0.5, 0.6) is 0 Å². The number of guanidine groups is 1. The summed E-state index contributed by atoms with van der Waals surface area (Å²) >= 11 is 1.73. The first-order valence-electron chi connectivity index (χ1n) is 8.71. The minimum Gasteiger partial charge on any atom is -0.357 e. The van der Waals surface area contributed by atoms with Crippen molar-refractivity contribution >= 4 is 41.3 Å². The van der Waals surface area contributed by atoms with E-state index in [1.165, 1.54) is 5.56 Å². The molecule has 0 saturated heterocycles. The highest BCUT2D eigenvalue weighted by Gasteiger charge is 2.17. The van der Waals surface area contributed by atoms with E-state index in [0.29, 0.717) is 0 Å². The molecule has 26 heavy (non-hydrogen) atoms. The quantitative estimate of drug-likeness (QED) is 0.383. The van der Waals surface area contributed by atoms with Gasteiger partial charge in [-0.2, -0.15) is 5.10 Å². The van der Waals surface area contributed by atoms with Gasteiger partial charge in [0.1, 0.15) is 0 Å². The van der Waals surface area contributed by atoms with E-state index < -0.39 is 0 Å². The van der Waals surface area contributed by atoms with Crippen molar-refractivity contribution in [2.24, 2.45) is 12.0 Å². The molecule has 6 nitrogen and oxygen atoms in total. The summed E-state index contributed by atoms with van der Waals surface area (Å²) in [7, 11) is 3.98. The largest absolute Gasteiger partial charge is 0.357 e. The van der Waals surface area contributed by atoms with Crippen molar-refractivity contribution in [3.63, 3.8) is 0 Å². The third-order valence-corrected chi connectivity index (χ3v) is 4.69. The smallest absolute Gasteiger partial charge is 0.193 e. The summed E-state index contributed by atoms with van der Waals surface area (Å²) in [6.07, 6.45) is 4.80. The van der Waals surface area contributed by atoms with Crippen molar-refractivity contribution in [3.05, 3.63) is 34.0 Å².